The second-order valence-electron chi connectivity index (χ2n) is 5.37. The third kappa shape index (κ3) is 5.38. The van der Waals surface area contributed by atoms with Crippen molar-refractivity contribution in [2.75, 3.05) is 13.7 Å². The molecule has 5 nitrogen and oxygen atoms in total. The van der Waals surface area contributed by atoms with E-state index in [9.17, 15) is 4.79 Å². The number of amides is 1. The molecule has 0 saturated carbocycles. The molecule has 136 valence electrons. The summed E-state index contributed by atoms with van der Waals surface area (Å²) in [5.74, 6) is 0.801. The number of carbonyl (C=O) groups excluding carboxylic acids is 1. The standard InChI is InChI=1S/C19H18BrClN2O3/c1-25-17-7-3-2-6-13(17)12-23-19(24)14-10-15(20)16(21)11-18(14)26-9-5-4-8-22/h2-3,6-7,10-11H,4-5,9,12H2,1H3,(H,23,24). The minimum absolute atomic E-state index is 0.288. The maximum atomic E-state index is 12.6. The second-order valence-corrected chi connectivity index (χ2v) is 6.63. The van der Waals surface area contributed by atoms with Crippen LogP contribution in [0.2, 0.25) is 5.02 Å². The first kappa shape index (κ1) is 20.1. The van der Waals surface area contributed by atoms with Gasteiger partial charge in [0.15, 0.2) is 0 Å². The van der Waals surface area contributed by atoms with Crippen LogP contribution in [0.1, 0.15) is 28.8 Å². The van der Waals surface area contributed by atoms with E-state index in [1.54, 1.807) is 19.2 Å². The topological polar surface area (TPSA) is 71.3 Å². The van der Waals surface area contributed by atoms with Gasteiger partial charge in [0, 0.05) is 29.1 Å². The monoisotopic (exact) mass is 436 g/mol. The number of halogens is 2. The lowest BCUT2D eigenvalue weighted by atomic mass is 10.1. The van der Waals surface area contributed by atoms with Gasteiger partial charge in [0.1, 0.15) is 11.5 Å². The van der Waals surface area contributed by atoms with Crippen molar-refractivity contribution < 1.29 is 14.3 Å². The van der Waals surface area contributed by atoms with Gasteiger partial charge in [-0.25, -0.2) is 0 Å². The Balaban J connectivity index is 2.13. The molecule has 0 saturated heterocycles. The van der Waals surface area contributed by atoms with Crippen molar-refractivity contribution in [2.45, 2.75) is 19.4 Å². The van der Waals surface area contributed by atoms with Gasteiger partial charge >= 0.3 is 0 Å². The quantitative estimate of drug-likeness (QED) is 0.606. The number of nitrogens with zero attached hydrogens (tertiary/aromatic N) is 1. The van der Waals surface area contributed by atoms with Crippen molar-refractivity contribution in [1.29, 1.82) is 5.26 Å². The number of para-hydroxylation sites is 1. The first-order valence-corrected chi connectivity index (χ1v) is 9.12. The van der Waals surface area contributed by atoms with Crippen LogP contribution in [0, 0.1) is 11.3 Å². The van der Waals surface area contributed by atoms with Crippen LogP contribution in [0.3, 0.4) is 0 Å². The molecule has 0 atom stereocenters. The summed E-state index contributed by atoms with van der Waals surface area (Å²) in [6.07, 6.45) is 0.964. The predicted octanol–water partition coefficient (Wildman–Crippen LogP) is 4.72. The zero-order valence-corrected chi connectivity index (χ0v) is 16.6. The average molecular weight is 438 g/mol. The molecule has 1 N–H and O–H groups in total. The van der Waals surface area contributed by atoms with Gasteiger partial charge in [-0.05, 0) is 34.5 Å². The molecule has 0 radical (unpaired) electrons. The molecule has 7 heteroatoms. The molecule has 0 bridgehead atoms. The smallest absolute Gasteiger partial charge is 0.255 e. The van der Waals surface area contributed by atoms with Crippen LogP contribution in [0.4, 0.5) is 0 Å². The van der Waals surface area contributed by atoms with Gasteiger partial charge in [-0.3, -0.25) is 4.79 Å². The molecule has 2 aromatic carbocycles. The van der Waals surface area contributed by atoms with E-state index in [4.69, 9.17) is 26.3 Å². The fourth-order valence-corrected chi connectivity index (χ4v) is 2.78. The van der Waals surface area contributed by atoms with Gasteiger partial charge in [0.2, 0.25) is 0 Å². The summed E-state index contributed by atoms with van der Waals surface area (Å²) >= 11 is 9.45. The summed E-state index contributed by atoms with van der Waals surface area (Å²) in [7, 11) is 1.59. The van der Waals surface area contributed by atoms with Gasteiger partial charge in [-0.1, -0.05) is 29.8 Å². The SMILES string of the molecule is COc1ccccc1CNC(=O)c1cc(Br)c(Cl)cc1OCCCC#N. The van der Waals surface area contributed by atoms with Crippen LogP contribution in [-0.4, -0.2) is 19.6 Å². The normalized spacial score (nSPS) is 10.1. The molecular formula is C19H18BrClN2O3. The van der Waals surface area contributed by atoms with E-state index >= 15 is 0 Å². The highest BCUT2D eigenvalue weighted by molar-refractivity contribution is 9.10. The summed E-state index contributed by atoms with van der Waals surface area (Å²) < 4.78 is 11.5. The zero-order chi connectivity index (χ0) is 18.9. The molecule has 0 aliphatic rings. The van der Waals surface area contributed by atoms with Crippen molar-refractivity contribution in [1.82, 2.24) is 5.32 Å². The number of carbonyl (C=O) groups is 1. The van der Waals surface area contributed by atoms with E-state index < -0.39 is 0 Å². The van der Waals surface area contributed by atoms with Crippen molar-refractivity contribution in [2.24, 2.45) is 0 Å². The van der Waals surface area contributed by atoms with Gasteiger partial charge in [-0.15, -0.1) is 0 Å². The molecule has 0 heterocycles. The summed E-state index contributed by atoms with van der Waals surface area (Å²) in [6.45, 7) is 0.648. The van der Waals surface area contributed by atoms with Crippen LogP contribution in [0.15, 0.2) is 40.9 Å². The van der Waals surface area contributed by atoms with Gasteiger partial charge in [0.25, 0.3) is 5.91 Å². The number of nitrogens with one attached hydrogen (secondary N) is 1. The van der Waals surface area contributed by atoms with Crippen LogP contribution in [0.25, 0.3) is 0 Å². The number of hydrogen-bond donors (Lipinski definition) is 1. The number of hydrogen-bond acceptors (Lipinski definition) is 4. The molecule has 0 aliphatic heterocycles. The van der Waals surface area contributed by atoms with Crippen LogP contribution >= 0.6 is 27.5 Å². The van der Waals surface area contributed by atoms with Gasteiger partial charge < -0.3 is 14.8 Å². The summed E-state index contributed by atoms with van der Waals surface area (Å²) in [5, 5.41) is 11.9. The molecule has 0 fully saturated rings. The van der Waals surface area contributed by atoms with E-state index in [2.05, 4.69) is 27.3 Å². The number of rotatable bonds is 8. The number of unbranched alkanes of at least 4 members (excludes halogenated alkanes) is 1. The maximum Gasteiger partial charge on any atom is 0.255 e. The lowest BCUT2D eigenvalue weighted by Crippen LogP contribution is -2.24. The van der Waals surface area contributed by atoms with Crippen molar-refractivity contribution >= 4 is 33.4 Å². The Morgan fingerprint density at radius 1 is 1.31 bits per heavy atom. The number of benzene rings is 2. The Hall–Kier alpha value is -2.23. The van der Waals surface area contributed by atoms with E-state index in [0.29, 0.717) is 52.6 Å². The number of nitriles is 1. The average Bonchev–Trinajstić information content (AvgIpc) is 2.66. The molecule has 0 spiro atoms. The van der Waals surface area contributed by atoms with E-state index in [0.717, 1.165) is 5.56 Å². The van der Waals surface area contributed by atoms with Crippen LogP contribution in [0.5, 0.6) is 11.5 Å². The Bertz CT molecular complexity index is 821. The van der Waals surface area contributed by atoms with Crippen LogP contribution in [-0.2, 0) is 6.54 Å². The van der Waals surface area contributed by atoms with Gasteiger partial charge in [0.05, 0.1) is 30.4 Å². The van der Waals surface area contributed by atoms with Crippen molar-refractivity contribution in [3.63, 3.8) is 0 Å². The lowest BCUT2D eigenvalue weighted by Gasteiger charge is -2.14. The Morgan fingerprint density at radius 2 is 2.08 bits per heavy atom. The Morgan fingerprint density at radius 3 is 2.81 bits per heavy atom. The number of methoxy groups -OCH3 is 1. The molecule has 0 aliphatic carbocycles. The minimum atomic E-state index is -0.288. The van der Waals surface area contributed by atoms with Gasteiger partial charge in [-0.2, -0.15) is 5.26 Å². The molecule has 0 aromatic heterocycles. The highest BCUT2D eigenvalue weighted by Gasteiger charge is 2.16. The fourth-order valence-electron chi connectivity index (χ4n) is 2.28. The van der Waals surface area contributed by atoms with Crippen molar-refractivity contribution in [3.8, 4) is 17.6 Å². The molecule has 26 heavy (non-hydrogen) atoms. The molecule has 2 aromatic rings. The highest BCUT2D eigenvalue weighted by Crippen LogP contribution is 2.31. The summed E-state index contributed by atoms with van der Waals surface area (Å²) in [4.78, 5) is 12.6. The van der Waals surface area contributed by atoms with E-state index in [-0.39, 0.29) is 5.91 Å². The fraction of sp³-hybridized carbons (Fsp3) is 0.263. The first-order chi connectivity index (χ1) is 12.6. The molecule has 0 unspecified atom stereocenters. The minimum Gasteiger partial charge on any atom is -0.496 e. The van der Waals surface area contributed by atoms with Crippen molar-refractivity contribution in [3.05, 3.63) is 57.0 Å². The first-order valence-electron chi connectivity index (χ1n) is 7.95. The largest absolute Gasteiger partial charge is 0.496 e. The van der Waals surface area contributed by atoms with E-state index in [1.807, 2.05) is 24.3 Å². The second kappa shape index (κ2) is 10.0. The highest BCUT2D eigenvalue weighted by atomic mass is 79.9. The molecular weight excluding hydrogens is 420 g/mol. The number of ether oxygens (including phenoxy) is 2. The summed E-state index contributed by atoms with van der Waals surface area (Å²) in [6, 6.07) is 12.7. The third-order valence-corrected chi connectivity index (χ3v) is 4.79. The molecule has 2 rings (SSSR count). The zero-order valence-electron chi connectivity index (χ0n) is 14.2. The van der Waals surface area contributed by atoms with E-state index in [1.165, 1.54) is 0 Å². The maximum absolute atomic E-state index is 12.6. The van der Waals surface area contributed by atoms with Crippen LogP contribution < -0.4 is 14.8 Å². The lowest BCUT2D eigenvalue weighted by molar-refractivity contribution is 0.0946. The third-order valence-electron chi connectivity index (χ3n) is 3.59. The Labute approximate surface area is 166 Å². The molecule has 1 amide bonds. The summed E-state index contributed by atoms with van der Waals surface area (Å²) in [5.41, 5.74) is 1.24. The Kier molecular flexibility index (Phi) is 7.76. The predicted molar refractivity (Wildman–Crippen MR) is 104 cm³/mol.